The zero-order chi connectivity index (χ0) is 13.3. The van der Waals surface area contributed by atoms with E-state index in [2.05, 4.69) is 51.9 Å². The smallest absolute Gasteiger partial charge is 0.0596 e. The molecule has 0 heterocycles. The summed E-state index contributed by atoms with van der Waals surface area (Å²) < 4.78 is 5.57. The van der Waals surface area contributed by atoms with Gasteiger partial charge in [0.25, 0.3) is 0 Å². The third kappa shape index (κ3) is 9.57. The van der Waals surface area contributed by atoms with Crippen molar-refractivity contribution < 1.29 is 4.74 Å². The van der Waals surface area contributed by atoms with Gasteiger partial charge >= 0.3 is 0 Å². The lowest BCUT2D eigenvalue weighted by atomic mass is 10.0. The van der Waals surface area contributed by atoms with Gasteiger partial charge in [-0.2, -0.15) is 0 Å². The molecule has 1 atom stereocenters. The molecule has 3 nitrogen and oxygen atoms in total. The molecule has 0 aromatic rings. The molecule has 3 heteroatoms. The van der Waals surface area contributed by atoms with E-state index >= 15 is 0 Å². The average molecular weight is 244 g/mol. The molecule has 1 unspecified atom stereocenters. The Morgan fingerprint density at radius 3 is 2.29 bits per heavy atom. The summed E-state index contributed by atoms with van der Waals surface area (Å²) in [4.78, 5) is 2.36. The summed E-state index contributed by atoms with van der Waals surface area (Å²) in [6.07, 6.45) is 1.53. The summed E-state index contributed by atoms with van der Waals surface area (Å²) >= 11 is 0. The highest BCUT2D eigenvalue weighted by molar-refractivity contribution is 4.73. The van der Waals surface area contributed by atoms with Gasteiger partial charge in [-0.25, -0.2) is 0 Å². The van der Waals surface area contributed by atoms with Crippen LogP contribution in [0, 0.1) is 5.92 Å². The van der Waals surface area contributed by atoms with Crippen LogP contribution >= 0.6 is 0 Å². The number of rotatable bonds is 10. The second-order valence-electron chi connectivity index (χ2n) is 5.49. The van der Waals surface area contributed by atoms with Crippen molar-refractivity contribution in [2.75, 3.05) is 33.3 Å². The van der Waals surface area contributed by atoms with E-state index in [1.807, 2.05) is 0 Å². The van der Waals surface area contributed by atoms with Crippen LogP contribution in [-0.2, 0) is 4.74 Å². The monoisotopic (exact) mass is 244 g/mol. The van der Waals surface area contributed by atoms with Gasteiger partial charge in [0.1, 0.15) is 0 Å². The SMILES string of the molecule is CCCNC(CN(C)CCOC(C)C)C(C)C. The van der Waals surface area contributed by atoms with E-state index in [-0.39, 0.29) is 0 Å². The average Bonchev–Trinajstić information content (AvgIpc) is 2.23. The Balaban J connectivity index is 3.82. The molecular formula is C14H32N2O. The minimum absolute atomic E-state index is 0.336. The second-order valence-corrected chi connectivity index (χ2v) is 5.49. The standard InChI is InChI=1S/C14H32N2O/c1-7-8-15-14(12(2)3)11-16(6)9-10-17-13(4)5/h12-15H,7-11H2,1-6H3. The minimum atomic E-state index is 0.336. The van der Waals surface area contributed by atoms with Crippen molar-refractivity contribution in [3.05, 3.63) is 0 Å². The van der Waals surface area contributed by atoms with Crippen LogP contribution in [0.1, 0.15) is 41.0 Å². The van der Waals surface area contributed by atoms with Crippen molar-refractivity contribution in [2.24, 2.45) is 5.92 Å². The van der Waals surface area contributed by atoms with E-state index in [1.54, 1.807) is 0 Å². The van der Waals surface area contributed by atoms with Gasteiger partial charge in [0, 0.05) is 19.1 Å². The van der Waals surface area contributed by atoms with Crippen molar-refractivity contribution in [1.82, 2.24) is 10.2 Å². The quantitative estimate of drug-likeness (QED) is 0.638. The highest BCUT2D eigenvalue weighted by Gasteiger charge is 2.14. The van der Waals surface area contributed by atoms with Gasteiger partial charge in [-0.15, -0.1) is 0 Å². The summed E-state index contributed by atoms with van der Waals surface area (Å²) in [5, 5.41) is 3.62. The summed E-state index contributed by atoms with van der Waals surface area (Å²) in [5.74, 6) is 0.676. The maximum absolute atomic E-state index is 5.57. The molecule has 0 saturated carbocycles. The molecule has 0 fully saturated rings. The minimum Gasteiger partial charge on any atom is -0.377 e. The molecule has 0 radical (unpaired) electrons. The van der Waals surface area contributed by atoms with Crippen LogP contribution in [0.15, 0.2) is 0 Å². The number of hydrogen-bond donors (Lipinski definition) is 1. The molecule has 0 aliphatic heterocycles. The van der Waals surface area contributed by atoms with E-state index in [9.17, 15) is 0 Å². The first-order chi connectivity index (χ1) is 7.97. The summed E-state index contributed by atoms with van der Waals surface area (Å²) in [7, 11) is 2.17. The van der Waals surface area contributed by atoms with Crippen molar-refractivity contribution in [3.8, 4) is 0 Å². The van der Waals surface area contributed by atoms with Gasteiger partial charge in [-0.05, 0) is 39.8 Å². The molecule has 0 aliphatic carbocycles. The Morgan fingerprint density at radius 1 is 1.18 bits per heavy atom. The van der Waals surface area contributed by atoms with Crippen LogP contribution in [0.2, 0.25) is 0 Å². The van der Waals surface area contributed by atoms with Crippen molar-refractivity contribution in [3.63, 3.8) is 0 Å². The zero-order valence-corrected chi connectivity index (χ0v) is 12.6. The molecule has 17 heavy (non-hydrogen) atoms. The van der Waals surface area contributed by atoms with Crippen LogP contribution in [0.5, 0.6) is 0 Å². The van der Waals surface area contributed by atoms with Crippen LogP contribution < -0.4 is 5.32 Å². The topological polar surface area (TPSA) is 24.5 Å². The molecule has 0 rings (SSSR count). The predicted octanol–water partition coefficient (Wildman–Crippen LogP) is 2.37. The molecule has 0 spiro atoms. The fraction of sp³-hybridized carbons (Fsp3) is 1.00. The summed E-state index contributed by atoms with van der Waals surface area (Å²) in [6.45, 7) is 15.0. The molecule has 0 aliphatic rings. The maximum Gasteiger partial charge on any atom is 0.0596 e. The van der Waals surface area contributed by atoms with Crippen LogP contribution in [0.25, 0.3) is 0 Å². The van der Waals surface area contributed by atoms with E-state index in [1.165, 1.54) is 6.42 Å². The number of likely N-dealkylation sites (N-methyl/N-ethyl adjacent to an activating group) is 1. The van der Waals surface area contributed by atoms with Gasteiger partial charge in [0.05, 0.1) is 12.7 Å². The lowest BCUT2D eigenvalue weighted by Crippen LogP contribution is -2.44. The highest BCUT2D eigenvalue weighted by Crippen LogP contribution is 2.03. The molecule has 0 aromatic heterocycles. The first kappa shape index (κ1) is 16.9. The zero-order valence-electron chi connectivity index (χ0n) is 12.6. The molecular weight excluding hydrogens is 212 g/mol. The molecule has 0 aromatic carbocycles. The fourth-order valence-corrected chi connectivity index (χ4v) is 1.71. The normalized spacial score (nSPS) is 13.9. The Morgan fingerprint density at radius 2 is 1.82 bits per heavy atom. The first-order valence-corrected chi connectivity index (χ1v) is 7.00. The van der Waals surface area contributed by atoms with Crippen molar-refractivity contribution >= 4 is 0 Å². The van der Waals surface area contributed by atoms with Crippen molar-refractivity contribution in [2.45, 2.75) is 53.2 Å². The van der Waals surface area contributed by atoms with E-state index in [0.29, 0.717) is 18.1 Å². The van der Waals surface area contributed by atoms with Crippen LogP contribution in [0.4, 0.5) is 0 Å². The molecule has 0 saturated heterocycles. The predicted molar refractivity (Wildman–Crippen MR) is 75.5 cm³/mol. The van der Waals surface area contributed by atoms with Gasteiger partial charge in [0.2, 0.25) is 0 Å². The second kappa shape index (κ2) is 9.86. The highest BCUT2D eigenvalue weighted by atomic mass is 16.5. The van der Waals surface area contributed by atoms with E-state index < -0.39 is 0 Å². The van der Waals surface area contributed by atoms with Gasteiger partial charge in [-0.3, -0.25) is 0 Å². The van der Waals surface area contributed by atoms with E-state index in [4.69, 9.17) is 4.74 Å². The maximum atomic E-state index is 5.57. The van der Waals surface area contributed by atoms with E-state index in [0.717, 1.165) is 26.2 Å². The third-order valence-corrected chi connectivity index (χ3v) is 2.89. The first-order valence-electron chi connectivity index (χ1n) is 7.00. The van der Waals surface area contributed by atoms with Crippen molar-refractivity contribution in [1.29, 1.82) is 0 Å². The Hall–Kier alpha value is -0.120. The lowest BCUT2D eigenvalue weighted by molar-refractivity contribution is 0.0612. The van der Waals surface area contributed by atoms with Gasteiger partial charge < -0.3 is 15.0 Å². The van der Waals surface area contributed by atoms with Crippen LogP contribution in [0.3, 0.4) is 0 Å². The summed E-state index contributed by atoms with van der Waals surface area (Å²) in [6, 6.07) is 0.582. The Labute approximate surface area is 108 Å². The molecule has 0 bridgehead atoms. The number of ether oxygens (including phenoxy) is 1. The summed E-state index contributed by atoms with van der Waals surface area (Å²) in [5.41, 5.74) is 0. The number of hydrogen-bond acceptors (Lipinski definition) is 3. The fourth-order valence-electron chi connectivity index (χ4n) is 1.71. The van der Waals surface area contributed by atoms with Gasteiger partial charge in [-0.1, -0.05) is 20.8 Å². The Kier molecular flexibility index (Phi) is 9.79. The number of nitrogens with zero attached hydrogens (tertiary/aromatic N) is 1. The molecule has 1 N–H and O–H groups in total. The lowest BCUT2D eigenvalue weighted by Gasteiger charge is -2.28. The molecule has 0 amide bonds. The molecule has 104 valence electrons. The van der Waals surface area contributed by atoms with Crippen LogP contribution in [-0.4, -0.2) is 50.3 Å². The van der Waals surface area contributed by atoms with Gasteiger partial charge in [0.15, 0.2) is 0 Å². The Bertz CT molecular complexity index is 172. The third-order valence-electron chi connectivity index (χ3n) is 2.89. The number of nitrogens with one attached hydrogen (secondary N) is 1. The largest absolute Gasteiger partial charge is 0.377 e.